The third kappa shape index (κ3) is 3.61. The second kappa shape index (κ2) is 5.38. The first-order chi connectivity index (χ1) is 8.86. The van der Waals surface area contributed by atoms with Crippen LogP contribution in [0.4, 0.5) is 13.2 Å². The Hall–Kier alpha value is -1.27. The summed E-state index contributed by atoms with van der Waals surface area (Å²) in [6, 6.07) is 3.00. The molecule has 1 aromatic rings. The SMILES string of the molecule is Oc1cc(C(F)(F)F)ccc1CN1CCCC(O)C1. The van der Waals surface area contributed by atoms with Crippen LogP contribution >= 0.6 is 0 Å². The summed E-state index contributed by atoms with van der Waals surface area (Å²) in [5.41, 5.74) is -0.408. The van der Waals surface area contributed by atoms with Gasteiger partial charge in [0, 0.05) is 18.7 Å². The topological polar surface area (TPSA) is 43.7 Å². The van der Waals surface area contributed by atoms with E-state index in [0.717, 1.165) is 31.5 Å². The molecule has 3 nitrogen and oxygen atoms in total. The van der Waals surface area contributed by atoms with E-state index >= 15 is 0 Å². The molecule has 1 heterocycles. The van der Waals surface area contributed by atoms with E-state index in [1.165, 1.54) is 6.07 Å². The van der Waals surface area contributed by atoms with Crippen molar-refractivity contribution < 1.29 is 23.4 Å². The molecule has 0 aromatic heterocycles. The van der Waals surface area contributed by atoms with Crippen molar-refractivity contribution >= 4 is 0 Å². The van der Waals surface area contributed by atoms with Gasteiger partial charge in [-0.1, -0.05) is 6.07 Å². The number of phenols is 1. The standard InChI is InChI=1S/C13H16F3NO2/c14-13(15,16)10-4-3-9(12(19)6-10)7-17-5-1-2-11(18)8-17/h3-4,6,11,18-19H,1-2,5,7-8H2. The molecule has 1 aromatic carbocycles. The van der Waals surface area contributed by atoms with Gasteiger partial charge in [0.05, 0.1) is 11.7 Å². The molecule has 19 heavy (non-hydrogen) atoms. The fraction of sp³-hybridized carbons (Fsp3) is 0.538. The average molecular weight is 275 g/mol. The van der Waals surface area contributed by atoms with Crippen LogP contribution in [0.15, 0.2) is 18.2 Å². The highest BCUT2D eigenvalue weighted by molar-refractivity contribution is 5.37. The summed E-state index contributed by atoms with van der Waals surface area (Å²) >= 11 is 0. The number of halogens is 3. The minimum Gasteiger partial charge on any atom is -0.508 e. The molecule has 1 fully saturated rings. The molecule has 1 aliphatic rings. The van der Waals surface area contributed by atoms with Gasteiger partial charge in [-0.05, 0) is 31.5 Å². The zero-order chi connectivity index (χ0) is 14.0. The Morgan fingerprint density at radius 2 is 2.05 bits per heavy atom. The molecule has 0 aliphatic carbocycles. The summed E-state index contributed by atoms with van der Waals surface area (Å²) in [5, 5.41) is 19.2. The lowest BCUT2D eigenvalue weighted by Gasteiger charge is -2.30. The molecule has 0 bridgehead atoms. The maximum atomic E-state index is 12.5. The number of aliphatic hydroxyl groups is 1. The Kier molecular flexibility index (Phi) is 4.01. The summed E-state index contributed by atoms with van der Waals surface area (Å²) in [4.78, 5) is 1.93. The average Bonchev–Trinajstić information content (AvgIpc) is 2.30. The van der Waals surface area contributed by atoms with Gasteiger partial charge in [-0.25, -0.2) is 0 Å². The highest BCUT2D eigenvalue weighted by Gasteiger charge is 2.31. The van der Waals surface area contributed by atoms with Crippen LogP contribution in [0.3, 0.4) is 0 Å². The Balaban J connectivity index is 2.09. The van der Waals surface area contributed by atoms with Crippen molar-refractivity contribution in [3.8, 4) is 5.75 Å². The van der Waals surface area contributed by atoms with Gasteiger partial charge in [0.25, 0.3) is 0 Å². The fourth-order valence-electron chi connectivity index (χ4n) is 2.29. The van der Waals surface area contributed by atoms with Crippen molar-refractivity contribution in [3.63, 3.8) is 0 Å². The van der Waals surface area contributed by atoms with Crippen LogP contribution in [0.5, 0.6) is 5.75 Å². The third-order valence-corrected chi connectivity index (χ3v) is 3.29. The van der Waals surface area contributed by atoms with Crippen LogP contribution < -0.4 is 0 Å². The number of hydrogen-bond acceptors (Lipinski definition) is 3. The van der Waals surface area contributed by atoms with Crippen molar-refractivity contribution in [2.24, 2.45) is 0 Å². The number of likely N-dealkylation sites (tertiary alicyclic amines) is 1. The van der Waals surface area contributed by atoms with Crippen LogP contribution in [0.25, 0.3) is 0 Å². The van der Waals surface area contributed by atoms with Gasteiger partial charge >= 0.3 is 6.18 Å². The number of alkyl halides is 3. The molecular formula is C13H16F3NO2. The lowest BCUT2D eigenvalue weighted by atomic mass is 10.1. The lowest BCUT2D eigenvalue weighted by Crippen LogP contribution is -2.37. The second-order valence-corrected chi connectivity index (χ2v) is 4.87. The van der Waals surface area contributed by atoms with E-state index < -0.39 is 17.8 Å². The number of aliphatic hydroxyl groups excluding tert-OH is 1. The van der Waals surface area contributed by atoms with Crippen molar-refractivity contribution in [1.82, 2.24) is 4.90 Å². The number of hydrogen-bond donors (Lipinski definition) is 2. The lowest BCUT2D eigenvalue weighted by molar-refractivity contribution is -0.137. The maximum absolute atomic E-state index is 12.5. The van der Waals surface area contributed by atoms with Crippen molar-refractivity contribution in [1.29, 1.82) is 0 Å². The van der Waals surface area contributed by atoms with Gasteiger partial charge in [0.1, 0.15) is 5.75 Å². The minimum absolute atomic E-state index is 0.348. The maximum Gasteiger partial charge on any atom is 0.416 e. The molecule has 1 aliphatic heterocycles. The second-order valence-electron chi connectivity index (χ2n) is 4.87. The molecule has 106 valence electrons. The molecule has 6 heteroatoms. The molecule has 0 radical (unpaired) electrons. The van der Waals surface area contributed by atoms with Gasteiger partial charge in [-0.15, -0.1) is 0 Å². The van der Waals surface area contributed by atoms with E-state index in [1.807, 2.05) is 4.90 Å². The normalized spacial score (nSPS) is 21.6. The van der Waals surface area contributed by atoms with Gasteiger partial charge in [-0.2, -0.15) is 13.2 Å². The summed E-state index contributed by atoms with van der Waals surface area (Å²) < 4.78 is 37.4. The number of piperidine rings is 1. The van der Waals surface area contributed by atoms with Gasteiger partial charge in [0.15, 0.2) is 0 Å². The van der Waals surface area contributed by atoms with E-state index in [9.17, 15) is 23.4 Å². The summed E-state index contributed by atoms with van der Waals surface area (Å²) in [7, 11) is 0. The van der Waals surface area contributed by atoms with Crippen molar-refractivity contribution in [3.05, 3.63) is 29.3 Å². The van der Waals surface area contributed by atoms with Crippen LogP contribution in [-0.2, 0) is 12.7 Å². The van der Waals surface area contributed by atoms with Crippen molar-refractivity contribution in [2.45, 2.75) is 31.7 Å². The van der Waals surface area contributed by atoms with E-state index in [2.05, 4.69) is 0 Å². The number of rotatable bonds is 2. The van der Waals surface area contributed by atoms with E-state index in [1.54, 1.807) is 0 Å². The third-order valence-electron chi connectivity index (χ3n) is 3.29. The molecule has 1 atom stereocenters. The Morgan fingerprint density at radius 3 is 2.63 bits per heavy atom. The van der Waals surface area contributed by atoms with Crippen LogP contribution in [0, 0.1) is 0 Å². The number of β-amino-alcohol motifs (C(OH)–C–C–N with tert-alkyl or cyclic N) is 1. The molecular weight excluding hydrogens is 259 g/mol. The van der Waals surface area contributed by atoms with E-state index in [4.69, 9.17) is 0 Å². The quantitative estimate of drug-likeness (QED) is 0.871. The summed E-state index contributed by atoms with van der Waals surface area (Å²) in [5.74, 6) is -0.352. The highest BCUT2D eigenvalue weighted by atomic mass is 19.4. The van der Waals surface area contributed by atoms with E-state index in [0.29, 0.717) is 18.7 Å². The Morgan fingerprint density at radius 1 is 1.32 bits per heavy atom. The predicted octanol–water partition coefficient (Wildman–Crippen LogP) is 2.37. The molecule has 1 saturated heterocycles. The van der Waals surface area contributed by atoms with Crippen molar-refractivity contribution in [2.75, 3.05) is 13.1 Å². The predicted molar refractivity (Wildman–Crippen MR) is 63.6 cm³/mol. The molecule has 0 saturated carbocycles. The number of benzene rings is 1. The first-order valence-electron chi connectivity index (χ1n) is 6.16. The van der Waals surface area contributed by atoms with Crippen LogP contribution in [0.2, 0.25) is 0 Å². The number of aromatic hydroxyl groups is 1. The molecule has 0 amide bonds. The Bertz CT molecular complexity index is 448. The van der Waals surface area contributed by atoms with Crippen LogP contribution in [0.1, 0.15) is 24.0 Å². The fourth-order valence-corrected chi connectivity index (χ4v) is 2.29. The smallest absolute Gasteiger partial charge is 0.416 e. The zero-order valence-electron chi connectivity index (χ0n) is 10.3. The largest absolute Gasteiger partial charge is 0.508 e. The summed E-state index contributed by atoms with van der Waals surface area (Å²) in [6.45, 7) is 1.61. The monoisotopic (exact) mass is 275 g/mol. The first kappa shape index (κ1) is 14.1. The number of nitrogens with zero attached hydrogens (tertiary/aromatic N) is 1. The van der Waals surface area contributed by atoms with E-state index in [-0.39, 0.29) is 5.75 Å². The molecule has 2 N–H and O–H groups in total. The first-order valence-corrected chi connectivity index (χ1v) is 6.16. The highest BCUT2D eigenvalue weighted by Crippen LogP contribution is 2.33. The Labute approximate surface area is 109 Å². The van der Waals surface area contributed by atoms with Gasteiger partial charge in [0.2, 0.25) is 0 Å². The molecule has 0 spiro atoms. The number of phenolic OH excluding ortho intramolecular Hbond substituents is 1. The van der Waals surface area contributed by atoms with Gasteiger partial charge < -0.3 is 10.2 Å². The zero-order valence-corrected chi connectivity index (χ0v) is 10.3. The summed E-state index contributed by atoms with van der Waals surface area (Å²) in [6.07, 6.45) is -3.25. The van der Waals surface area contributed by atoms with Gasteiger partial charge in [-0.3, -0.25) is 4.90 Å². The molecule has 2 rings (SSSR count). The molecule has 1 unspecified atom stereocenters. The minimum atomic E-state index is -4.45. The van der Waals surface area contributed by atoms with Crippen LogP contribution in [-0.4, -0.2) is 34.3 Å².